The Morgan fingerprint density at radius 2 is 1.82 bits per heavy atom. The molecule has 0 aliphatic carbocycles. The highest BCUT2D eigenvalue weighted by Crippen LogP contribution is 2.33. The molecule has 4 aromatic rings. The fourth-order valence-electron chi connectivity index (χ4n) is 6.13. The maximum atomic E-state index is 14.5. The number of amides is 1. The molecule has 1 amide bonds. The summed E-state index contributed by atoms with van der Waals surface area (Å²) in [6.45, 7) is 3.05. The molecule has 0 N–H and O–H groups in total. The zero-order chi connectivity index (χ0) is 31.4. The maximum absolute atomic E-state index is 14.5. The first-order valence-corrected chi connectivity index (χ1v) is 16.9. The minimum atomic E-state index is -1.35. The van der Waals surface area contributed by atoms with Crippen LogP contribution in [0, 0.1) is 17.1 Å². The van der Waals surface area contributed by atoms with Crippen LogP contribution < -0.4 is 0 Å². The van der Waals surface area contributed by atoms with Crippen molar-refractivity contribution < 1.29 is 13.4 Å². The van der Waals surface area contributed by atoms with Crippen LogP contribution in [0.15, 0.2) is 77.7 Å². The molecular weight excluding hydrogens is 616 g/mol. The Balaban J connectivity index is 1.29. The van der Waals surface area contributed by atoms with E-state index in [-0.39, 0.29) is 22.6 Å². The molecule has 5 rings (SSSR count). The van der Waals surface area contributed by atoms with E-state index < -0.39 is 16.6 Å². The zero-order valence-electron chi connectivity index (χ0n) is 24.7. The minimum absolute atomic E-state index is 0.00147. The van der Waals surface area contributed by atoms with Crippen LogP contribution in [0.1, 0.15) is 58.1 Å². The van der Waals surface area contributed by atoms with E-state index in [1.165, 1.54) is 6.26 Å². The molecule has 1 aliphatic heterocycles. The summed E-state index contributed by atoms with van der Waals surface area (Å²) in [6.07, 6.45) is 4.10. The lowest BCUT2D eigenvalue weighted by atomic mass is 9.88. The van der Waals surface area contributed by atoms with Gasteiger partial charge in [0.05, 0.1) is 37.4 Å². The van der Waals surface area contributed by atoms with Gasteiger partial charge in [0.2, 0.25) is 0 Å². The summed E-state index contributed by atoms with van der Waals surface area (Å²) in [5.41, 5.74) is 2.92. The van der Waals surface area contributed by atoms with Crippen LogP contribution >= 0.6 is 23.2 Å². The van der Waals surface area contributed by atoms with Gasteiger partial charge in [0, 0.05) is 31.3 Å². The lowest BCUT2D eigenvalue weighted by Gasteiger charge is -2.34. The second-order valence-electron chi connectivity index (χ2n) is 11.5. The molecule has 1 saturated heterocycles. The third-order valence-corrected chi connectivity index (χ3v) is 10.3. The van der Waals surface area contributed by atoms with Crippen molar-refractivity contribution in [2.75, 3.05) is 39.5 Å². The summed E-state index contributed by atoms with van der Waals surface area (Å²) in [6, 6.07) is 24.0. The van der Waals surface area contributed by atoms with Crippen molar-refractivity contribution >= 4 is 50.7 Å². The summed E-state index contributed by atoms with van der Waals surface area (Å²) in [5.74, 6) is -0.289. The highest BCUT2D eigenvalue weighted by molar-refractivity contribution is 7.84. The Bertz CT molecular complexity index is 1750. The molecule has 5 nitrogen and oxygen atoms in total. The summed E-state index contributed by atoms with van der Waals surface area (Å²) < 4.78 is 26.2. The number of carbonyl (C=O) groups excluding carboxylic acids is 1. The third kappa shape index (κ3) is 7.33. The average Bonchev–Trinajstić information content (AvgIpc) is 3.03. The first-order chi connectivity index (χ1) is 21.1. The molecule has 0 bridgehead atoms. The molecule has 0 spiro atoms. The quantitative estimate of drug-likeness (QED) is 0.184. The number of likely N-dealkylation sites (N-methyl/N-ethyl adjacent to an activating group) is 1. The molecule has 44 heavy (non-hydrogen) atoms. The number of nitriles is 1. The summed E-state index contributed by atoms with van der Waals surface area (Å²) in [7, 11) is 0.448. The van der Waals surface area contributed by atoms with Crippen molar-refractivity contribution in [1.82, 2.24) is 9.80 Å². The van der Waals surface area contributed by atoms with E-state index in [2.05, 4.69) is 11.0 Å². The highest BCUT2D eigenvalue weighted by Gasteiger charge is 2.25. The molecule has 1 aliphatic rings. The van der Waals surface area contributed by atoms with Gasteiger partial charge in [0.15, 0.2) is 0 Å². The molecule has 228 valence electrons. The van der Waals surface area contributed by atoms with Crippen LogP contribution in [-0.4, -0.2) is 59.4 Å². The Hall–Kier alpha value is -3.28. The summed E-state index contributed by atoms with van der Waals surface area (Å²) in [5, 5.41) is 12.2. The molecule has 4 aromatic carbocycles. The normalized spacial score (nSPS) is 15.5. The maximum Gasteiger partial charge on any atom is 0.254 e. The number of hydrogen-bond acceptors (Lipinski definition) is 4. The Morgan fingerprint density at radius 3 is 2.50 bits per heavy atom. The lowest BCUT2D eigenvalue weighted by Crippen LogP contribution is -2.36. The predicted octanol–water partition coefficient (Wildman–Crippen LogP) is 8.02. The SMILES string of the molecule is CN(C[C@@H](CCN1CCC(c2ccc(S(C)=O)c(F)c2)CC1)c1ccc(Cl)c(Cl)c1)C(=O)c1cc(C#N)cc2ccccc12. The molecule has 0 radical (unpaired) electrons. The van der Waals surface area contributed by atoms with E-state index in [9.17, 15) is 18.7 Å². The molecule has 0 aromatic heterocycles. The van der Waals surface area contributed by atoms with E-state index in [0.29, 0.717) is 27.7 Å². The number of piperidine rings is 1. The van der Waals surface area contributed by atoms with Gasteiger partial charge in [-0.1, -0.05) is 59.6 Å². The minimum Gasteiger partial charge on any atom is -0.341 e. The second-order valence-corrected chi connectivity index (χ2v) is 13.6. The van der Waals surface area contributed by atoms with Crippen LogP contribution in [-0.2, 0) is 10.8 Å². The van der Waals surface area contributed by atoms with Crippen molar-refractivity contribution in [2.24, 2.45) is 0 Å². The molecule has 9 heteroatoms. The topological polar surface area (TPSA) is 64.4 Å². The number of carbonyl (C=O) groups is 1. The number of hydrogen-bond donors (Lipinski definition) is 0. The predicted molar refractivity (Wildman–Crippen MR) is 177 cm³/mol. The third-order valence-electron chi connectivity index (χ3n) is 8.60. The van der Waals surface area contributed by atoms with E-state index in [1.54, 1.807) is 42.3 Å². The number of fused-ring (bicyclic) bond motifs is 1. The van der Waals surface area contributed by atoms with Crippen LogP contribution in [0.5, 0.6) is 0 Å². The molecule has 1 unspecified atom stereocenters. The lowest BCUT2D eigenvalue weighted by molar-refractivity contribution is 0.0783. The zero-order valence-corrected chi connectivity index (χ0v) is 27.1. The Morgan fingerprint density at radius 1 is 1.07 bits per heavy atom. The van der Waals surface area contributed by atoms with Crippen LogP contribution in [0.2, 0.25) is 10.0 Å². The van der Waals surface area contributed by atoms with Crippen molar-refractivity contribution in [3.05, 3.63) is 111 Å². The molecular formula is C35H34Cl2FN3O2S. The summed E-state index contributed by atoms with van der Waals surface area (Å²) >= 11 is 12.6. The van der Waals surface area contributed by atoms with Gasteiger partial charge in [0.1, 0.15) is 5.82 Å². The van der Waals surface area contributed by atoms with E-state index in [0.717, 1.165) is 60.8 Å². The van der Waals surface area contributed by atoms with Crippen molar-refractivity contribution in [1.29, 1.82) is 5.26 Å². The molecule has 0 saturated carbocycles. The average molecular weight is 651 g/mol. The molecule has 2 atom stereocenters. The van der Waals surface area contributed by atoms with Gasteiger partial charge in [-0.15, -0.1) is 0 Å². The van der Waals surface area contributed by atoms with Gasteiger partial charge in [-0.2, -0.15) is 5.26 Å². The largest absolute Gasteiger partial charge is 0.341 e. The standard InChI is InChI=1S/C35H34Cl2FN3O2S/c1-40(35(42)30-18-23(21-39)17-27-5-3-4-6-29(27)30)22-28(25-7-9-31(36)32(37)19-25)13-16-41-14-11-24(12-15-41)26-8-10-34(44(2)43)33(38)20-26/h3-10,17-20,24,28H,11-16,22H2,1-2H3/t28-,44?/m1/s1. The number of nitrogens with zero attached hydrogens (tertiary/aromatic N) is 3. The van der Waals surface area contributed by atoms with Gasteiger partial charge in [-0.3, -0.25) is 9.00 Å². The first-order valence-electron chi connectivity index (χ1n) is 14.6. The van der Waals surface area contributed by atoms with Gasteiger partial charge in [-0.25, -0.2) is 4.39 Å². The number of rotatable bonds is 9. The number of likely N-dealkylation sites (tertiary alicyclic amines) is 1. The van der Waals surface area contributed by atoms with E-state index in [4.69, 9.17) is 23.2 Å². The van der Waals surface area contributed by atoms with Gasteiger partial charge in [0.25, 0.3) is 5.91 Å². The highest BCUT2D eigenvalue weighted by atomic mass is 35.5. The Kier molecular flexibility index (Phi) is 10.4. The van der Waals surface area contributed by atoms with Gasteiger partial charge in [-0.05, 0) is 103 Å². The fourth-order valence-corrected chi connectivity index (χ4v) is 7.03. The smallest absolute Gasteiger partial charge is 0.254 e. The van der Waals surface area contributed by atoms with Crippen LogP contribution in [0.25, 0.3) is 10.8 Å². The van der Waals surface area contributed by atoms with Crippen LogP contribution in [0.3, 0.4) is 0 Å². The van der Waals surface area contributed by atoms with Crippen LogP contribution in [0.4, 0.5) is 4.39 Å². The first kappa shape index (κ1) is 32.1. The van der Waals surface area contributed by atoms with Gasteiger partial charge >= 0.3 is 0 Å². The van der Waals surface area contributed by atoms with E-state index in [1.807, 2.05) is 42.5 Å². The molecule has 1 heterocycles. The van der Waals surface area contributed by atoms with Crippen molar-refractivity contribution in [3.8, 4) is 6.07 Å². The molecule has 1 fully saturated rings. The number of halogens is 3. The second kappa shape index (κ2) is 14.2. The fraction of sp³-hybridized carbons (Fsp3) is 0.314. The monoisotopic (exact) mass is 649 g/mol. The van der Waals surface area contributed by atoms with E-state index >= 15 is 0 Å². The Labute approximate surface area is 270 Å². The van der Waals surface area contributed by atoms with Crippen molar-refractivity contribution in [3.63, 3.8) is 0 Å². The van der Waals surface area contributed by atoms with Gasteiger partial charge < -0.3 is 9.80 Å². The van der Waals surface area contributed by atoms with Crippen molar-refractivity contribution in [2.45, 2.75) is 36.0 Å². The summed E-state index contributed by atoms with van der Waals surface area (Å²) in [4.78, 5) is 18.2. The number of benzene rings is 4.